The van der Waals surface area contributed by atoms with Crippen LogP contribution in [0.5, 0.6) is 0 Å². The number of rotatable bonds is 2. The fraction of sp³-hybridized carbons (Fsp3) is 0.222. The maximum Gasteiger partial charge on any atom is 0.207 e. The van der Waals surface area contributed by atoms with Crippen molar-refractivity contribution in [2.45, 2.75) is 13.8 Å². The van der Waals surface area contributed by atoms with Gasteiger partial charge in [0.05, 0.1) is 5.69 Å². The highest BCUT2D eigenvalue weighted by Gasteiger charge is 2.15. The van der Waals surface area contributed by atoms with Crippen LogP contribution in [-0.2, 0) is 0 Å². The number of hydrogen-bond acceptors (Lipinski definition) is 5. The molecular weight excluding hydrogens is 216 g/mol. The molecule has 2 rings (SSSR count). The summed E-state index contributed by atoms with van der Waals surface area (Å²) in [7, 11) is 0. The Morgan fingerprint density at radius 2 is 2.21 bits per heavy atom. The highest BCUT2D eigenvalue weighted by molar-refractivity contribution is 7.10. The molecule has 0 radical (unpaired) electrons. The first-order valence-electron chi connectivity index (χ1n) is 4.07. The quantitative estimate of drug-likeness (QED) is 0.736. The molecule has 0 aliphatic heterocycles. The van der Waals surface area contributed by atoms with Crippen LogP contribution in [0.4, 0.5) is 0 Å². The van der Waals surface area contributed by atoms with Crippen LogP contribution in [-0.4, -0.2) is 15.4 Å². The molecule has 0 atom stereocenters. The zero-order valence-electron chi connectivity index (χ0n) is 7.77. The third kappa shape index (κ3) is 1.60. The predicted molar refractivity (Wildman–Crippen MR) is 57.1 cm³/mol. The van der Waals surface area contributed by atoms with Gasteiger partial charge < -0.3 is 0 Å². The van der Waals surface area contributed by atoms with Gasteiger partial charge in [-0.2, -0.15) is 0 Å². The van der Waals surface area contributed by atoms with Crippen molar-refractivity contribution in [3.05, 3.63) is 32.5 Å². The fourth-order valence-electron chi connectivity index (χ4n) is 1.13. The SMILES string of the molecule is Cc1cc(C(=O)c2snnc2C)cs1. The van der Waals surface area contributed by atoms with Gasteiger partial charge >= 0.3 is 0 Å². The Kier molecular flexibility index (Phi) is 2.43. The van der Waals surface area contributed by atoms with Gasteiger partial charge in [0.1, 0.15) is 4.88 Å². The molecule has 0 unspecified atom stereocenters. The summed E-state index contributed by atoms with van der Waals surface area (Å²) < 4.78 is 3.75. The summed E-state index contributed by atoms with van der Waals surface area (Å²) in [5.41, 5.74) is 1.45. The number of hydrogen-bond donors (Lipinski definition) is 0. The summed E-state index contributed by atoms with van der Waals surface area (Å²) in [6, 6.07) is 1.90. The van der Waals surface area contributed by atoms with E-state index in [-0.39, 0.29) is 5.78 Å². The van der Waals surface area contributed by atoms with E-state index in [0.29, 0.717) is 10.6 Å². The van der Waals surface area contributed by atoms with Crippen LogP contribution in [0.1, 0.15) is 25.8 Å². The maximum atomic E-state index is 11.9. The Morgan fingerprint density at radius 1 is 1.43 bits per heavy atom. The van der Waals surface area contributed by atoms with E-state index in [1.54, 1.807) is 18.3 Å². The van der Waals surface area contributed by atoms with Crippen LogP contribution in [0.3, 0.4) is 0 Å². The van der Waals surface area contributed by atoms with Crippen LogP contribution >= 0.6 is 22.9 Å². The molecule has 3 nitrogen and oxygen atoms in total. The molecule has 0 aliphatic rings. The molecule has 72 valence electrons. The molecule has 0 aromatic carbocycles. The normalized spacial score (nSPS) is 10.4. The molecule has 14 heavy (non-hydrogen) atoms. The van der Waals surface area contributed by atoms with E-state index in [0.717, 1.165) is 22.0 Å². The smallest absolute Gasteiger partial charge is 0.207 e. The second-order valence-corrected chi connectivity index (χ2v) is 4.83. The first kappa shape index (κ1) is 9.48. The van der Waals surface area contributed by atoms with Crippen molar-refractivity contribution in [1.29, 1.82) is 0 Å². The lowest BCUT2D eigenvalue weighted by Crippen LogP contribution is -1.98. The van der Waals surface area contributed by atoms with Crippen LogP contribution in [0.25, 0.3) is 0 Å². The van der Waals surface area contributed by atoms with E-state index in [2.05, 4.69) is 9.59 Å². The molecular formula is C9H8N2OS2. The van der Waals surface area contributed by atoms with Gasteiger partial charge in [-0.1, -0.05) is 4.49 Å². The minimum atomic E-state index is 0.0295. The summed E-state index contributed by atoms with van der Waals surface area (Å²) in [6.45, 7) is 3.79. The van der Waals surface area contributed by atoms with Crippen molar-refractivity contribution in [2.24, 2.45) is 0 Å². The van der Waals surface area contributed by atoms with Crippen molar-refractivity contribution < 1.29 is 4.79 Å². The Labute approximate surface area is 89.6 Å². The van der Waals surface area contributed by atoms with Crippen molar-refractivity contribution in [3.8, 4) is 0 Å². The molecule has 0 fully saturated rings. The second kappa shape index (κ2) is 3.59. The molecule has 2 aromatic heterocycles. The van der Waals surface area contributed by atoms with Gasteiger partial charge in [0.15, 0.2) is 0 Å². The summed E-state index contributed by atoms with van der Waals surface area (Å²) >= 11 is 2.73. The van der Waals surface area contributed by atoms with Gasteiger partial charge in [-0.15, -0.1) is 16.4 Å². The van der Waals surface area contributed by atoms with Gasteiger partial charge in [0.25, 0.3) is 0 Å². The maximum absolute atomic E-state index is 11.9. The molecule has 0 saturated heterocycles. The van der Waals surface area contributed by atoms with Crippen LogP contribution in [0, 0.1) is 13.8 Å². The predicted octanol–water partition coefficient (Wildman–Crippen LogP) is 2.45. The number of aryl methyl sites for hydroxylation is 2. The molecule has 5 heteroatoms. The molecule has 0 spiro atoms. The lowest BCUT2D eigenvalue weighted by atomic mass is 10.1. The average Bonchev–Trinajstić information content (AvgIpc) is 2.73. The minimum Gasteiger partial charge on any atom is -0.288 e. The van der Waals surface area contributed by atoms with Crippen LogP contribution < -0.4 is 0 Å². The summed E-state index contributed by atoms with van der Waals surface area (Å²) in [5, 5.41) is 5.69. The highest BCUT2D eigenvalue weighted by Crippen LogP contribution is 2.20. The van der Waals surface area contributed by atoms with Crippen molar-refractivity contribution in [3.63, 3.8) is 0 Å². The molecule has 2 heterocycles. The molecule has 0 N–H and O–H groups in total. The Balaban J connectivity index is 2.38. The minimum absolute atomic E-state index is 0.0295. The van der Waals surface area contributed by atoms with Gasteiger partial charge in [0.2, 0.25) is 5.78 Å². The zero-order chi connectivity index (χ0) is 10.1. The third-order valence-electron chi connectivity index (χ3n) is 1.85. The summed E-state index contributed by atoms with van der Waals surface area (Å²) in [6.07, 6.45) is 0. The van der Waals surface area contributed by atoms with Gasteiger partial charge in [-0.25, -0.2) is 0 Å². The Hall–Kier alpha value is -1.07. The number of nitrogens with zero attached hydrogens (tertiary/aromatic N) is 2. The van der Waals surface area contributed by atoms with Crippen LogP contribution in [0.2, 0.25) is 0 Å². The first-order chi connectivity index (χ1) is 6.68. The monoisotopic (exact) mass is 224 g/mol. The lowest BCUT2D eigenvalue weighted by Gasteiger charge is -1.92. The number of thiophene rings is 1. The van der Waals surface area contributed by atoms with E-state index in [4.69, 9.17) is 0 Å². The molecule has 0 bridgehead atoms. The summed E-state index contributed by atoms with van der Waals surface area (Å²) in [5.74, 6) is 0.0295. The van der Waals surface area contributed by atoms with E-state index in [1.807, 2.05) is 18.4 Å². The number of ketones is 1. The van der Waals surface area contributed by atoms with Crippen LogP contribution in [0.15, 0.2) is 11.4 Å². The highest BCUT2D eigenvalue weighted by atomic mass is 32.1. The lowest BCUT2D eigenvalue weighted by molar-refractivity contribution is 0.104. The molecule has 0 saturated carbocycles. The van der Waals surface area contributed by atoms with E-state index >= 15 is 0 Å². The number of aromatic nitrogens is 2. The second-order valence-electron chi connectivity index (χ2n) is 2.96. The number of carbonyl (C=O) groups excluding carboxylic acids is 1. The fourth-order valence-corrected chi connectivity index (χ4v) is 2.43. The molecule has 0 amide bonds. The number of carbonyl (C=O) groups is 1. The van der Waals surface area contributed by atoms with Gasteiger partial charge in [0, 0.05) is 15.8 Å². The van der Waals surface area contributed by atoms with Crippen molar-refractivity contribution >= 4 is 28.7 Å². The van der Waals surface area contributed by atoms with Gasteiger partial charge in [-0.3, -0.25) is 4.79 Å². The molecule has 2 aromatic rings. The largest absolute Gasteiger partial charge is 0.288 e. The third-order valence-corrected chi connectivity index (χ3v) is 3.54. The summed E-state index contributed by atoms with van der Waals surface area (Å²) in [4.78, 5) is 13.7. The Morgan fingerprint density at radius 3 is 2.71 bits per heavy atom. The van der Waals surface area contributed by atoms with Crippen molar-refractivity contribution in [2.75, 3.05) is 0 Å². The molecule has 0 aliphatic carbocycles. The standard InChI is InChI=1S/C9H8N2OS2/c1-5-3-7(4-13-5)8(12)9-6(2)10-11-14-9/h3-4H,1-2H3. The van der Waals surface area contributed by atoms with E-state index < -0.39 is 0 Å². The topological polar surface area (TPSA) is 42.9 Å². The van der Waals surface area contributed by atoms with E-state index in [9.17, 15) is 4.79 Å². The average molecular weight is 224 g/mol. The Bertz CT molecular complexity index is 473. The first-order valence-corrected chi connectivity index (χ1v) is 5.72. The zero-order valence-corrected chi connectivity index (χ0v) is 9.41. The van der Waals surface area contributed by atoms with Gasteiger partial charge in [-0.05, 0) is 31.4 Å². The van der Waals surface area contributed by atoms with E-state index in [1.165, 1.54) is 0 Å². The van der Waals surface area contributed by atoms with Crippen molar-refractivity contribution in [1.82, 2.24) is 9.59 Å².